The zero-order chi connectivity index (χ0) is 23.8. The summed E-state index contributed by atoms with van der Waals surface area (Å²) in [6.45, 7) is 9.28. The van der Waals surface area contributed by atoms with E-state index in [0.717, 1.165) is 5.92 Å². The van der Waals surface area contributed by atoms with Gasteiger partial charge in [0.15, 0.2) is 0 Å². The summed E-state index contributed by atoms with van der Waals surface area (Å²) in [5.41, 5.74) is 7.35. The average molecular weight is 452 g/mol. The van der Waals surface area contributed by atoms with Crippen molar-refractivity contribution in [3.05, 3.63) is 0 Å². The molecule has 0 saturated carbocycles. The highest BCUT2D eigenvalue weighted by Gasteiger charge is 2.32. The van der Waals surface area contributed by atoms with Crippen LogP contribution in [0.2, 0.25) is 0 Å². The van der Waals surface area contributed by atoms with E-state index < -0.39 is 0 Å². The topological polar surface area (TPSA) is 26.0 Å². The van der Waals surface area contributed by atoms with Crippen LogP contribution in [-0.2, 0) is 0 Å². The molecule has 2 N–H and O–H groups in total. The van der Waals surface area contributed by atoms with Crippen molar-refractivity contribution in [1.29, 1.82) is 0 Å². The highest BCUT2D eigenvalue weighted by Crippen LogP contribution is 2.35. The van der Waals surface area contributed by atoms with Crippen LogP contribution in [0.15, 0.2) is 0 Å². The van der Waals surface area contributed by atoms with E-state index in [2.05, 4.69) is 27.7 Å². The summed E-state index contributed by atoms with van der Waals surface area (Å²) >= 11 is 0. The lowest BCUT2D eigenvalue weighted by Gasteiger charge is -2.39. The van der Waals surface area contributed by atoms with Crippen molar-refractivity contribution in [2.24, 2.45) is 11.7 Å². The van der Waals surface area contributed by atoms with Gasteiger partial charge in [-0.15, -0.1) is 0 Å². The minimum absolute atomic E-state index is 0.107. The van der Waals surface area contributed by atoms with Gasteiger partial charge < -0.3 is 5.73 Å². The maximum absolute atomic E-state index is 7.25. The van der Waals surface area contributed by atoms with Gasteiger partial charge in [0.1, 0.15) is 0 Å². The molecule has 0 bridgehead atoms. The van der Waals surface area contributed by atoms with Crippen LogP contribution in [0.5, 0.6) is 0 Å². The number of rotatable bonds is 26. The standard InChI is InChI=1S/C31H65N/c1-5-9-13-14-15-16-17-18-19-20-21-23-27-30(26-22-10-6-2)31(32,28-24-11-7-3)29-25-12-8-4/h30H,5-29,32H2,1-4H3. The summed E-state index contributed by atoms with van der Waals surface area (Å²) in [5.74, 6) is 0.755. The second-order valence-corrected chi connectivity index (χ2v) is 11.0. The number of hydrogen-bond acceptors (Lipinski definition) is 1. The van der Waals surface area contributed by atoms with Gasteiger partial charge in [0, 0.05) is 5.54 Å². The second kappa shape index (κ2) is 24.1. The molecular weight excluding hydrogens is 386 g/mol. The molecule has 0 radical (unpaired) electrons. The molecule has 0 aromatic carbocycles. The zero-order valence-electron chi connectivity index (χ0n) is 23.3. The Morgan fingerprint density at radius 2 is 0.688 bits per heavy atom. The monoisotopic (exact) mass is 452 g/mol. The Hall–Kier alpha value is -0.0400. The lowest BCUT2D eigenvalue weighted by Crippen LogP contribution is -2.47. The number of nitrogens with two attached hydrogens (primary N) is 1. The van der Waals surface area contributed by atoms with Gasteiger partial charge in [0.05, 0.1) is 0 Å². The predicted molar refractivity (Wildman–Crippen MR) is 149 cm³/mol. The van der Waals surface area contributed by atoms with Gasteiger partial charge in [-0.2, -0.15) is 0 Å². The van der Waals surface area contributed by atoms with Crippen LogP contribution >= 0.6 is 0 Å². The fourth-order valence-electron chi connectivity index (χ4n) is 5.53. The van der Waals surface area contributed by atoms with Crippen LogP contribution in [0.4, 0.5) is 0 Å². The molecule has 0 rings (SSSR count). The lowest BCUT2D eigenvalue weighted by atomic mass is 9.72. The molecule has 1 heteroatoms. The third kappa shape index (κ3) is 18.4. The van der Waals surface area contributed by atoms with E-state index in [9.17, 15) is 0 Å². The molecule has 32 heavy (non-hydrogen) atoms. The SMILES string of the molecule is CCCCCCCCCCCCCCC(CCCCC)C(N)(CCCCC)CCCCC. The van der Waals surface area contributed by atoms with Crippen molar-refractivity contribution in [2.75, 3.05) is 0 Å². The molecule has 0 heterocycles. The lowest BCUT2D eigenvalue weighted by molar-refractivity contribution is 0.190. The first-order valence-electron chi connectivity index (χ1n) is 15.4. The molecule has 0 fully saturated rings. The normalized spacial score (nSPS) is 13.0. The van der Waals surface area contributed by atoms with Crippen molar-refractivity contribution >= 4 is 0 Å². The highest BCUT2D eigenvalue weighted by molar-refractivity contribution is 4.91. The number of unbranched alkanes of at least 4 members (excludes halogenated alkanes) is 17. The largest absolute Gasteiger partial charge is 0.325 e. The zero-order valence-corrected chi connectivity index (χ0v) is 23.3. The summed E-state index contributed by atoms with van der Waals surface area (Å²) in [4.78, 5) is 0. The summed E-state index contributed by atoms with van der Waals surface area (Å²) in [7, 11) is 0. The van der Waals surface area contributed by atoms with Gasteiger partial charge in [0.2, 0.25) is 0 Å². The van der Waals surface area contributed by atoms with E-state index in [1.54, 1.807) is 0 Å². The fraction of sp³-hybridized carbons (Fsp3) is 1.00. The molecule has 0 aliphatic carbocycles. The molecule has 0 aromatic rings. The molecule has 1 atom stereocenters. The third-order valence-electron chi connectivity index (χ3n) is 7.87. The van der Waals surface area contributed by atoms with E-state index in [0.29, 0.717) is 0 Å². The van der Waals surface area contributed by atoms with Gasteiger partial charge in [-0.25, -0.2) is 0 Å². The van der Waals surface area contributed by atoms with Crippen LogP contribution in [0.1, 0.15) is 188 Å². The number of hydrogen-bond donors (Lipinski definition) is 1. The van der Waals surface area contributed by atoms with Crippen molar-refractivity contribution in [2.45, 2.75) is 194 Å². The summed E-state index contributed by atoms with van der Waals surface area (Å²) in [6, 6.07) is 0. The first-order valence-corrected chi connectivity index (χ1v) is 15.4. The molecule has 1 unspecified atom stereocenters. The van der Waals surface area contributed by atoms with E-state index >= 15 is 0 Å². The summed E-state index contributed by atoms with van der Waals surface area (Å²) in [5, 5.41) is 0. The molecule has 0 aromatic heterocycles. The third-order valence-corrected chi connectivity index (χ3v) is 7.87. The van der Waals surface area contributed by atoms with E-state index in [1.165, 1.54) is 161 Å². The van der Waals surface area contributed by atoms with Gasteiger partial charge in [-0.05, 0) is 31.6 Å². The quantitative estimate of drug-likeness (QED) is 0.130. The minimum Gasteiger partial charge on any atom is -0.325 e. The molecule has 194 valence electrons. The van der Waals surface area contributed by atoms with Crippen LogP contribution in [0, 0.1) is 5.92 Å². The predicted octanol–water partition coefficient (Wildman–Crippen LogP) is 11.1. The van der Waals surface area contributed by atoms with Crippen LogP contribution in [-0.4, -0.2) is 5.54 Å². The van der Waals surface area contributed by atoms with E-state index in [4.69, 9.17) is 5.73 Å². The molecule has 0 saturated heterocycles. The van der Waals surface area contributed by atoms with E-state index in [-0.39, 0.29) is 5.54 Å². The Balaban J connectivity index is 4.31. The maximum atomic E-state index is 7.25. The van der Waals surface area contributed by atoms with Gasteiger partial charge in [0.25, 0.3) is 0 Å². The minimum atomic E-state index is 0.107. The first kappa shape index (κ1) is 32.0. The molecule has 0 amide bonds. The Morgan fingerprint density at radius 3 is 1.09 bits per heavy atom. The van der Waals surface area contributed by atoms with Crippen LogP contribution in [0.3, 0.4) is 0 Å². The Labute approximate surface area is 205 Å². The average Bonchev–Trinajstić information content (AvgIpc) is 2.79. The molecule has 1 nitrogen and oxygen atoms in total. The molecule has 0 aliphatic heterocycles. The summed E-state index contributed by atoms with van der Waals surface area (Å²) in [6.07, 6.45) is 34.7. The van der Waals surface area contributed by atoms with Crippen molar-refractivity contribution in [1.82, 2.24) is 0 Å². The smallest absolute Gasteiger partial charge is 0.0182 e. The fourth-order valence-corrected chi connectivity index (χ4v) is 5.53. The molecule has 0 spiro atoms. The Kier molecular flexibility index (Phi) is 24.1. The van der Waals surface area contributed by atoms with Crippen LogP contribution in [0.25, 0.3) is 0 Å². The Morgan fingerprint density at radius 1 is 0.406 bits per heavy atom. The molecular formula is C31H65N. The van der Waals surface area contributed by atoms with Crippen molar-refractivity contribution in [3.8, 4) is 0 Å². The van der Waals surface area contributed by atoms with Crippen molar-refractivity contribution < 1.29 is 0 Å². The van der Waals surface area contributed by atoms with Gasteiger partial charge in [-0.1, -0.05) is 163 Å². The molecule has 0 aliphatic rings. The second-order valence-electron chi connectivity index (χ2n) is 11.0. The van der Waals surface area contributed by atoms with Crippen molar-refractivity contribution in [3.63, 3.8) is 0 Å². The Bertz CT molecular complexity index is 340. The first-order chi connectivity index (χ1) is 15.6. The van der Waals surface area contributed by atoms with Crippen LogP contribution < -0.4 is 5.73 Å². The van der Waals surface area contributed by atoms with Gasteiger partial charge in [-0.3, -0.25) is 0 Å². The highest BCUT2D eigenvalue weighted by atomic mass is 14.8. The van der Waals surface area contributed by atoms with Gasteiger partial charge >= 0.3 is 0 Å². The maximum Gasteiger partial charge on any atom is 0.0182 e. The van der Waals surface area contributed by atoms with E-state index in [1.807, 2.05) is 0 Å². The summed E-state index contributed by atoms with van der Waals surface area (Å²) < 4.78 is 0.